The fraction of sp³-hybridized carbons (Fsp3) is 0.900. The highest BCUT2D eigenvalue weighted by Crippen LogP contribution is 2.46. The summed E-state index contributed by atoms with van der Waals surface area (Å²) >= 11 is 0. The van der Waals surface area contributed by atoms with Crippen molar-refractivity contribution < 1.29 is 4.79 Å². The lowest BCUT2D eigenvalue weighted by molar-refractivity contribution is -0.129. The first-order valence-electron chi connectivity index (χ1n) is 9.83. The third kappa shape index (κ3) is 5.77. The Morgan fingerprint density at radius 3 is 2.12 bits per heavy atom. The first kappa shape index (κ1) is 21.0. The molecule has 0 radical (unpaired) electrons. The van der Waals surface area contributed by atoms with E-state index in [1.165, 1.54) is 44.9 Å². The van der Waals surface area contributed by atoms with E-state index in [0.29, 0.717) is 12.5 Å². The van der Waals surface area contributed by atoms with Gasteiger partial charge >= 0.3 is 0 Å². The molecule has 0 aromatic rings. The Morgan fingerprint density at radius 1 is 1.12 bits per heavy atom. The minimum Gasteiger partial charge on any atom is -0.342 e. The minimum absolute atomic E-state index is 0.198. The van der Waals surface area contributed by atoms with Gasteiger partial charge in [-0.3, -0.25) is 4.79 Å². The minimum atomic E-state index is 0.198. The summed E-state index contributed by atoms with van der Waals surface area (Å²) in [5.41, 5.74) is 0.198. The summed E-state index contributed by atoms with van der Waals surface area (Å²) in [5, 5.41) is 10.1. The fourth-order valence-electron chi connectivity index (χ4n) is 5.10. The molecule has 3 aliphatic rings. The molecule has 3 rings (SSSR count). The number of nitrogens with one attached hydrogen (secondary N) is 1. The molecular weight excluding hydrogens is 298 g/mol. The molecule has 4 nitrogen and oxygen atoms in total. The van der Waals surface area contributed by atoms with Crippen molar-refractivity contribution in [1.29, 1.82) is 5.26 Å². The summed E-state index contributed by atoms with van der Waals surface area (Å²) in [6, 6.07) is 0. The number of hydrogen-bond acceptors (Lipinski definition) is 3. The Kier molecular flexibility index (Phi) is 8.76. The van der Waals surface area contributed by atoms with Crippen LogP contribution in [0.2, 0.25) is 0 Å². The van der Waals surface area contributed by atoms with Gasteiger partial charge in [0.1, 0.15) is 0 Å². The van der Waals surface area contributed by atoms with Crippen molar-refractivity contribution in [2.75, 3.05) is 19.6 Å². The van der Waals surface area contributed by atoms with Crippen molar-refractivity contribution in [3.05, 3.63) is 0 Å². The number of nitrogens with zero attached hydrogens (tertiary/aromatic N) is 2. The van der Waals surface area contributed by atoms with Crippen molar-refractivity contribution in [1.82, 2.24) is 10.2 Å². The van der Waals surface area contributed by atoms with E-state index in [0.717, 1.165) is 30.8 Å². The first-order chi connectivity index (χ1) is 11.5. The highest BCUT2D eigenvalue weighted by molar-refractivity contribution is 5.78. The van der Waals surface area contributed by atoms with Gasteiger partial charge in [0, 0.05) is 25.2 Å². The Balaban J connectivity index is 0.000000671. The maximum atomic E-state index is 12.2. The quantitative estimate of drug-likeness (QED) is 0.849. The van der Waals surface area contributed by atoms with Crippen LogP contribution in [0.3, 0.4) is 0 Å². The maximum Gasteiger partial charge on any atom is 0.236 e. The van der Waals surface area contributed by atoms with Crippen LogP contribution in [0.5, 0.6) is 0 Å². The molecule has 0 spiro atoms. The number of fused-ring (bicyclic) bond motifs is 2. The van der Waals surface area contributed by atoms with Gasteiger partial charge in [0.05, 0.1) is 6.54 Å². The zero-order valence-corrected chi connectivity index (χ0v) is 16.2. The van der Waals surface area contributed by atoms with Crippen LogP contribution >= 0.6 is 0 Å². The normalized spacial score (nSPS) is 34.4. The molecule has 2 bridgehead atoms. The van der Waals surface area contributed by atoms with Crippen LogP contribution in [0, 0.1) is 29.6 Å². The molecule has 24 heavy (non-hydrogen) atoms. The smallest absolute Gasteiger partial charge is 0.236 e. The second kappa shape index (κ2) is 10.0. The number of hydrogen-bond donors (Lipinski definition) is 1. The van der Waals surface area contributed by atoms with Gasteiger partial charge in [0.25, 0.3) is 0 Å². The lowest BCUT2D eigenvalue weighted by Crippen LogP contribution is -2.53. The molecular formula is C20H37N3O. The number of likely N-dealkylation sites (tertiary alicyclic amines) is 1. The van der Waals surface area contributed by atoms with Gasteiger partial charge in [0.2, 0.25) is 5.91 Å². The third-order valence-corrected chi connectivity index (χ3v) is 5.74. The summed E-state index contributed by atoms with van der Waals surface area (Å²) in [5.74, 6) is 3.00. The highest BCUT2D eigenvalue weighted by Gasteiger charge is 2.40. The maximum absolute atomic E-state index is 12.2. The van der Waals surface area contributed by atoms with Gasteiger partial charge in [-0.25, -0.2) is 5.26 Å². The Morgan fingerprint density at radius 2 is 1.62 bits per heavy atom. The van der Waals surface area contributed by atoms with Crippen LogP contribution in [0.1, 0.15) is 72.6 Å². The topological polar surface area (TPSA) is 56.1 Å². The van der Waals surface area contributed by atoms with Crippen molar-refractivity contribution >= 4 is 5.91 Å². The van der Waals surface area contributed by atoms with Gasteiger partial charge in [0.15, 0.2) is 0 Å². The SMILES string of the molecule is C#N.CC.CC1CC2CC(C1)CC(C)(NCC(=O)N1CCCC1)C2. The molecule has 1 saturated heterocycles. The van der Waals surface area contributed by atoms with Crippen LogP contribution < -0.4 is 5.32 Å². The van der Waals surface area contributed by atoms with Crippen LogP contribution in [0.15, 0.2) is 0 Å². The molecule has 1 heterocycles. The van der Waals surface area contributed by atoms with Crippen LogP contribution in [-0.2, 0) is 4.79 Å². The largest absolute Gasteiger partial charge is 0.342 e. The van der Waals surface area contributed by atoms with E-state index < -0.39 is 0 Å². The number of nitriles is 1. The number of carbonyl (C=O) groups excluding carboxylic acids is 1. The predicted octanol–water partition coefficient (Wildman–Crippen LogP) is 3.97. The van der Waals surface area contributed by atoms with E-state index in [9.17, 15) is 4.79 Å². The van der Waals surface area contributed by atoms with E-state index in [1.54, 1.807) is 0 Å². The zero-order chi connectivity index (χ0) is 18.2. The van der Waals surface area contributed by atoms with Crippen molar-refractivity contribution in [2.45, 2.75) is 78.2 Å². The van der Waals surface area contributed by atoms with E-state index in [1.807, 2.05) is 18.7 Å². The third-order valence-electron chi connectivity index (χ3n) is 5.74. The standard InChI is InChI=1S/C17H30N2O.C2H6.CHN/c1-13-7-14-9-15(8-13)11-17(2,10-14)18-12-16(20)19-5-3-4-6-19;2*1-2/h13-15,18H,3-12H2,1-2H3;1-2H3;1H. The van der Waals surface area contributed by atoms with Crippen molar-refractivity contribution in [3.8, 4) is 6.57 Å². The molecule has 4 heteroatoms. The second-order valence-corrected chi connectivity index (χ2v) is 7.95. The zero-order valence-electron chi connectivity index (χ0n) is 16.2. The molecule has 138 valence electrons. The Labute approximate surface area is 149 Å². The summed E-state index contributed by atoms with van der Waals surface area (Å²) in [6.07, 6.45) is 9.13. The molecule has 0 aromatic heterocycles. The molecule has 2 saturated carbocycles. The molecule has 2 atom stereocenters. The molecule has 1 aliphatic heterocycles. The summed E-state index contributed by atoms with van der Waals surface area (Å²) in [6.45, 7) is 14.7. The summed E-state index contributed by atoms with van der Waals surface area (Å²) in [4.78, 5) is 14.2. The van der Waals surface area contributed by atoms with E-state index in [2.05, 4.69) is 25.7 Å². The van der Waals surface area contributed by atoms with Gasteiger partial charge in [-0.1, -0.05) is 20.8 Å². The Bertz CT molecular complexity index is 383. The van der Waals surface area contributed by atoms with Gasteiger partial charge in [-0.2, -0.15) is 0 Å². The molecule has 2 aliphatic carbocycles. The van der Waals surface area contributed by atoms with Crippen LogP contribution in [-0.4, -0.2) is 36.0 Å². The molecule has 3 fully saturated rings. The lowest BCUT2D eigenvalue weighted by atomic mass is 9.62. The van der Waals surface area contributed by atoms with E-state index in [-0.39, 0.29) is 5.54 Å². The average molecular weight is 336 g/mol. The average Bonchev–Trinajstić information content (AvgIpc) is 3.10. The number of carbonyl (C=O) groups is 1. The van der Waals surface area contributed by atoms with E-state index in [4.69, 9.17) is 5.26 Å². The van der Waals surface area contributed by atoms with Crippen LogP contribution in [0.4, 0.5) is 0 Å². The van der Waals surface area contributed by atoms with Gasteiger partial charge in [-0.05, 0) is 69.6 Å². The first-order valence-corrected chi connectivity index (χ1v) is 9.83. The van der Waals surface area contributed by atoms with Gasteiger partial charge in [-0.15, -0.1) is 0 Å². The molecule has 2 unspecified atom stereocenters. The molecule has 1 N–H and O–H groups in total. The van der Waals surface area contributed by atoms with Crippen molar-refractivity contribution in [2.24, 2.45) is 17.8 Å². The van der Waals surface area contributed by atoms with Gasteiger partial charge < -0.3 is 10.2 Å². The van der Waals surface area contributed by atoms with Crippen LogP contribution in [0.25, 0.3) is 0 Å². The predicted molar refractivity (Wildman–Crippen MR) is 99.5 cm³/mol. The fourth-order valence-corrected chi connectivity index (χ4v) is 5.10. The van der Waals surface area contributed by atoms with E-state index >= 15 is 0 Å². The highest BCUT2D eigenvalue weighted by atomic mass is 16.2. The number of amides is 1. The molecule has 1 amide bonds. The number of rotatable bonds is 3. The summed E-state index contributed by atoms with van der Waals surface area (Å²) < 4.78 is 0. The van der Waals surface area contributed by atoms with Crippen molar-refractivity contribution in [3.63, 3.8) is 0 Å². The monoisotopic (exact) mass is 335 g/mol. The second-order valence-electron chi connectivity index (χ2n) is 7.95. The summed E-state index contributed by atoms with van der Waals surface area (Å²) in [7, 11) is 0. The lowest BCUT2D eigenvalue weighted by Gasteiger charge is -2.47. The Hall–Kier alpha value is -1.08. The molecule has 0 aromatic carbocycles.